The number of carbonyl (C=O) groups excluding carboxylic acids is 1. The summed E-state index contributed by atoms with van der Waals surface area (Å²) < 4.78 is 33.1. The number of carbonyl (C=O) groups is 1. The number of benzene rings is 3. The van der Waals surface area contributed by atoms with Gasteiger partial charge in [-0.3, -0.25) is 9.10 Å². The van der Waals surface area contributed by atoms with E-state index in [0.29, 0.717) is 31.1 Å². The molecule has 1 saturated heterocycles. The second-order valence-corrected chi connectivity index (χ2v) is 10.7. The molecule has 36 heavy (non-hydrogen) atoms. The first-order valence-corrected chi connectivity index (χ1v) is 13.6. The molecule has 4 rings (SSSR count). The van der Waals surface area contributed by atoms with Crippen LogP contribution in [0.15, 0.2) is 77.7 Å². The summed E-state index contributed by atoms with van der Waals surface area (Å²) >= 11 is 0. The Bertz CT molecular complexity index is 1290. The van der Waals surface area contributed by atoms with E-state index in [1.165, 1.54) is 21.1 Å². The molecular weight excluding hydrogens is 474 g/mol. The van der Waals surface area contributed by atoms with Crippen molar-refractivity contribution < 1.29 is 17.9 Å². The lowest BCUT2D eigenvalue weighted by atomic mass is 10.1. The van der Waals surface area contributed by atoms with Gasteiger partial charge in [0.05, 0.1) is 10.6 Å². The number of hydrogen-bond acceptors (Lipinski definition) is 5. The molecule has 0 bridgehead atoms. The smallest absolute Gasteiger partial charge is 0.264 e. The number of aryl methyl sites for hydroxylation is 1. The fourth-order valence-electron chi connectivity index (χ4n) is 4.43. The number of piperazine rings is 1. The van der Waals surface area contributed by atoms with Gasteiger partial charge in [0.1, 0.15) is 5.75 Å². The van der Waals surface area contributed by atoms with Crippen LogP contribution in [0.5, 0.6) is 5.75 Å². The topological polar surface area (TPSA) is 70.2 Å². The Labute approximate surface area is 214 Å². The molecule has 1 heterocycles. The van der Waals surface area contributed by atoms with Crippen molar-refractivity contribution in [2.45, 2.75) is 25.7 Å². The zero-order valence-corrected chi connectivity index (χ0v) is 21.9. The molecule has 1 fully saturated rings. The molecule has 1 aliphatic heterocycles. The maximum Gasteiger partial charge on any atom is 0.264 e. The highest BCUT2D eigenvalue weighted by Crippen LogP contribution is 2.26. The molecule has 0 saturated carbocycles. The van der Waals surface area contributed by atoms with Crippen molar-refractivity contribution >= 4 is 27.3 Å². The second kappa shape index (κ2) is 11.0. The van der Waals surface area contributed by atoms with Crippen molar-refractivity contribution in [3.05, 3.63) is 83.9 Å². The normalized spacial score (nSPS) is 14.0. The summed E-state index contributed by atoms with van der Waals surface area (Å²) in [5, 5.41) is 0. The van der Waals surface area contributed by atoms with Gasteiger partial charge in [0, 0.05) is 38.4 Å². The highest BCUT2D eigenvalue weighted by atomic mass is 32.2. The molecule has 0 N–H and O–H groups in total. The molecule has 8 heteroatoms. The highest BCUT2D eigenvalue weighted by molar-refractivity contribution is 7.92. The van der Waals surface area contributed by atoms with Gasteiger partial charge < -0.3 is 14.5 Å². The number of nitrogens with zero attached hydrogens (tertiary/aromatic N) is 3. The minimum absolute atomic E-state index is 0.0530. The van der Waals surface area contributed by atoms with E-state index in [9.17, 15) is 13.2 Å². The van der Waals surface area contributed by atoms with Gasteiger partial charge in [0.15, 0.2) is 6.61 Å². The van der Waals surface area contributed by atoms with Crippen LogP contribution in [0.1, 0.15) is 18.1 Å². The van der Waals surface area contributed by atoms with Gasteiger partial charge >= 0.3 is 0 Å². The Hall–Kier alpha value is -3.52. The Morgan fingerprint density at radius 2 is 1.56 bits per heavy atom. The van der Waals surface area contributed by atoms with Gasteiger partial charge in [-0.05, 0) is 74.4 Å². The maximum absolute atomic E-state index is 13.0. The Balaban J connectivity index is 1.32. The second-order valence-electron chi connectivity index (χ2n) is 8.85. The Morgan fingerprint density at radius 3 is 2.19 bits per heavy atom. The minimum atomic E-state index is -3.66. The van der Waals surface area contributed by atoms with Gasteiger partial charge in [-0.1, -0.05) is 30.3 Å². The van der Waals surface area contributed by atoms with Crippen LogP contribution in [-0.4, -0.2) is 58.6 Å². The average molecular weight is 508 g/mol. The van der Waals surface area contributed by atoms with Gasteiger partial charge in [0.25, 0.3) is 15.9 Å². The van der Waals surface area contributed by atoms with Gasteiger partial charge in [-0.25, -0.2) is 8.42 Å². The van der Waals surface area contributed by atoms with Crippen molar-refractivity contribution in [3.8, 4) is 5.75 Å². The molecule has 0 unspecified atom stereocenters. The first kappa shape index (κ1) is 25.6. The molecule has 1 aliphatic rings. The van der Waals surface area contributed by atoms with Crippen molar-refractivity contribution in [1.29, 1.82) is 0 Å². The van der Waals surface area contributed by atoms with E-state index in [2.05, 4.69) is 36.9 Å². The molecule has 0 spiro atoms. The minimum Gasteiger partial charge on any atom is -0.484 e. The van der Waals surface area contributed by atoms with Crippen LogP contribution in [0, 0.1) is 13.8 Å². The molecule has 7 nitrogen and oxygen atoms in total. The third-order valence-electron chi connectivity index (χ3n) is 6.65. The van der Waals surface area contributed by atoms with Gasteiger partial charge in [0.2, 0.25) is 0 Å². The molecule has 190 valence electrons. The molecule has 3 aromatic rings. The van der Waals surface area contributed by atoms with Crippen LogP contribution in [0.25, 0.3) is 0 Å². The van der Waals surface area contributed by atoms with Crippen molar-refractivity contribution in [2.24, 2.45) is 0 Å². The fourth-order valence-corrected chi connectivity index (χ4v) is 5.93. The zero-order chi connectivity index (χ0) is 25.7. The van der Waals surface area contributed by atoms with E-state index >= 15 is 0 Å². The van der Waals surface area contributed by atoms with Crippen molar-refractivity contribution in [2.75, 3.05) is 48.5 Å². The largest absolute Gasteiger partial charge is 0.484 e. The quantitative estimate of drug-likeness (QED) is 0.456. The summed E-state index contributed by atoms with van der Waals surface area (Å²) in [7, 11) is -3.66. The molecule has 0 atom stereocenters. The predicted octanol–water partition coefficient (Wildman–Crippen LogP) is 4.25. The molecule has 0 aromatic heterocycles. The number of amides is 1. The van der Waals surface area contributed by atoms with Crippen LogP contribution >= 0.6 is 0 Å². The van der Waals surface area contributed by atoms with E-state index in [4.69, 9.17) is 4.74 Å². The third kappa shape index (κ3) is 5.49. The van der Waals surface area contributed by atoms with Crippen LogP contribution in [0.4, 0.5) is 11.4 Å². The Morgan fingerprint density at radius 1 is 0.889 bits per heavy atom. The monoisotopic (exact) mass is 507 g/mol. The average Bonchev–Trinajstić information content (AvgIpc) is 2.90. The number of sulfonamides is 1. The SMILES string of the molecule is CCN(c1ccc(OCC(=O)N2CCN(c3cccc(C)c3C)CC2)cc1)S(=O)(=O)c1ccccc1. The van der Waals surface area contributed by atoms with Crippen LogP contribution in [0.2, 0.25) is 0 Å². The maximum atomic E-state index is 13.0. The van der Waals surface area contributed by atoms with E-state index in [-0.39, 0.29) is 17.4 Å². The van der Waals surface area contributed by atoms with Crippen molar-refractivity contribution in [3.63, 3.8) is 0 Å². The number of hydrogen-bond donors (Lipinski definition) is 0. The van der Waals surface area contributed by atoms with Crippen LogP contribution in [-0.2, 0) is 14.8 Å². The van der Waals surface area contributed by atoms with Crippen molar-refractivity contribution in [1.82, 2.24) is 4.90 Å². The molecule has 1 amide bonds. The molecule has 0 radical (unpaired) electrons. The summed E-state index contributed by atoms with van der Waals surface area (Å²) in [6, 6.07) is 21.5. The van der Waals surface area contributed by atoms with E-state index in [1.807, 2.05) is 4.90 Å². The first-order valence-electron chi connectivity index (χ1n) is 12.2. The van der Waals surface area contributed by atoms with Gasteiger partial charge in [-0.15, -0.1) is 0 Å². The zero-order valence-electron chi connectivity index (χ0n) is 21.1. The lowest BCUT2D eigenvalue weighted by molar-refractivity contribution is -0.133. The predicted molar refractivity (Wildman–Crippen MR) is 143 cm³/mol. The fraction of sp³-hybridized carbons (Fsp3) is 0.321. The molecular formula is C28H33N3O4S. The standard InChI is InChI=1S/C28H33N3O4S/c1-4-31(36(33,34)26-10-6-5-7-11-26)24-13-15-25(16-14-24)35-21-28(32)30-19-17-29(18-20-30)27-12-8-9-22(2)23(27)3/h5-16H,4,17-21H2,1-3H3. The lowest BCUT2D eigenvalue weighted by Gasteiger charge is -2.37. The lowest BCUT2D eigenvalue weighted by Crippen LogP contribution is -2.50. The third-order valence-corrected chi connectivity index (χ3v) is 8.57. The summed E-state index contributed by atoms with van der Waals surface area (Å²) in [6.45, 7) is 9.16. The number of rotatable bonds is 8. The van der Waals surface area contributed by atoms with E-state index in [1.54, 1.807) is 61.5 Å². The summed E-state index contributed by atoms with van der Waals surface area (Å²) in [5.74, 6) is 0.468. The summed E-state index contributed by atoms with van der Waals surface area (Å²) in [5.41, 5.74) is 4.32. The van der Waals surface area contributed by atoms with E-state index < -0.39 is 10.0 Å². The van der Waals surface area contributed by atoms with Crippen LogP contribution in [0.3, 0.4) is 0 Å². The first-order chi connectivity index (χ1) is 17.3. The molecule has 3 aromatic carbocycles. The Kier molecular flexibility index (Phi) is 7.84. The summed E-state index contributed by atoms with van der Waals surface area (Å²) in [4.78, 5) is 17.1. The summed E-state index contributed by atoms with van der Waals surface area (Å²) in [6.07, 6.45) is 0. The number of ether oxygens (including phenoxy) is 1. The number of anilines is 2. The molecule has 0 aliphatic carbocycles. The van der Waals surface area contributed by atoms with Gasteiger partial charge in [-0.2, -0.15) is 0 Å². The van der Waals surface area contributed by atoms with Crippen LogP contribution < -0.4 is 13.9 Å². The van der Waals surface area contributed by atoms with E-state index in [0.717, 1.165) is 13.1 Å². The highest BCUT2D eigenvalue weighted by Gasteiger charge is 2.24.